The minimum atomic E-state index is 0.0588. The average Bonchev–Trinajstić information content (AvgIpc) is 2.83. The Bertz CT molecular complexity index is 497. The third-order valence-electron chi connectivity index (χ3n) is 3.74. The summed E-state index contributed by atoms with van der Waals surface area (Å²) in [5, 5.41) is 3.69. The number of halogens is 1. The number of nitrogens with one attached hydrogen (secondary N) is 3. The van der Waals surface area contributed by atoms with Crippen LogP contribution >= 0.6 is 11.6 Å². The number of rotatable bonds is 7. The maximum Gasteiger partial charge on any atom is 0.234 e. The quantitative estimate of drug-likeness (QED) is 0.705. The van der Waals surface area contributed by atoms with E-state index in [1.54, 1.807) is 0 Å². The van der Waals surface area contributed by atoms with E-state index in [9.17, 15) is 4.79 Å². The predicted octanol–water partition coefficient (Wildman–Crippen LogP) is 1.19. The van der Waals surface area contributed by atoms with Gasteiger partial charge in [0.15, 0.2) is 0 Å². The third kappa shape index (κ3) is 5.93. The second kappa shape index (κ2) is 8.48. The van der Waals surface area contributed by atoms with E-state index in [0.717, 1.165) is 30.0 Å². The van der Waals surface area contributed by atoms with Gasteiger partial charge in [-0.25, -0.2) is 0 Å². The largest absolute Gasteiger partial charge is 0.355 e. The van der Waals surface area contributed by atoms with Crippen LogP contribution in [-0.2, 0) is 11.2 Å². The molecular formula is C16H25ClN4O. The van der Waals surface area contributed by atoms with Gasteiger partial charge in [-0.05, 0) is 44.5 Å². The van der Waals surface area contributed by atoms with Gasteiger partial charge in [0.2, 0.25) is 5.91 Å². The molecule has 0 bridgehead atoms. The zero-order valence-corrected chi connectivity index (χ0v) is 14.0. The summed E-state index contributed by atoms with van der Waals surface area (Å²) in [6.45, 7) is 4.06. The lowest BCUT2D eigenvalue weighted by atomic mass is 10.1. The molecule has 1 saturated heterocycles. The molecule has 3 N–H and O–H groups in total. The highest BCUT2D eigenvalue weighted by molar-refractivity contribution is 6.30. The van der Waals surface area contributed by atoms with Crippen molar-refractivity contribution in [3.8, 4) is 0 Å². The first-order valence-corrected chi connectivity index (χ1v) is 8.11. The molecule has 0 aromatic heterocycles. The van der Waals surface area contributed by atoms with Crippen molar-refractivity contribution in [3.63, 3.8) is 0 Å². The lowest BCUT2D eigenvalue weighted by Gasteiger charge is -2.20. The Balaban J connectivity index is 1.63. The normalized spacial score (nSPS) is 21.3. The van der Waals surface area contributed by atoms with Gasteiger partial charge in [0, 0.05) is 30.2 Å². The van der Waals surface area contributed by atoms with Crippen LogP contribution in [0.25, 0.3) is 0 Å². The van der Waals surface area contributed by atoms with Crippen molar-refractivity contribution in [2.45, 2.75) is 31.8 Å². The zero-order chi connectivity index (χ0) is 15.9. The first-order chi connectivity index (χ1) is 10.5. The molecule has 1 aromatic rings. The van der Waals surface area contributed by atoms with Crippen LogP contribution in [0.1, 0.15) is 18.9 Å². The van der Waals surface area contributed by atoms with Gasteiger partial charge in [0.1, 0.15) is 0 Å². The summed E-state index contributed by atoms with van der Waals surface area (Å²) in [5.41, 5.74) is 7.58. The summed E-state index contributed by atoms with van der Waals surface area (Å²) in [4.78, 5) is 14.0. The molecule has 22 heavy (non-hydrogen) atoms. The second-order valence-electron chi connectivity index (χ2n) is 6.05. The molecule has 5 nitrogen and oxygen atoms in total. The van der Waals surface area contributed by atoms with Crippen molar-refractivity contribution in [2.24, 2.45) is 0 Å². The van der Waals surface area contributed by atoms with Crippen molar-refractivity contribution in [1.29, 1.82) is 0 Å². The standard InChI is InChI=1S/C16H25ClN4O/c1-12-8-15(20-19-12)10-21(2)11-16(22)18-7-6-13-4-3-5-14(17)9-13/h3-5,9,12,15,19-20H,6-8,10-11H2,1-2H3,(H,18,22). The van der Waals surface area contributed by atoms with Gasteiger partial charge in [0.05, 0.1) is 6.54 Å². The number of benzene rings is 1. The highest BCUT2D eigenvalue weighted by Gasteiger charge is 2.21. The Morgan fingerprint density at radius 3 is 2.95 bits per heavy atom. The molecule has 0 radical (unpaired) electrons. The van der Waals surface area contributed by atoms with E-state index >= 15 is 0 Å². The monoisotopic (exact) mass is 324 g/mol. The molecule has 0 spiro atoms. The van der Waals surface area contributed by atoms with Gasteiger partial charge < -0.3 is 5.32 Å². The molecule has 0 aliphatic carbocycles. The maximum atomic E-state index is 11.9. The molecule has 0 saturated carbocycles. The van der Waals surface area contributed by atoms with E-state index in [0.29, 0.717) is 25.2 Å². The molecule has 2 unspecified atom stereocenters. The van der Waals surface area contributed by atoms with Gasteiger partial charge in [-0.3, -0.25) is 20.5 Å². The lowest BCUT2D eigenvalue weighted by Crippen LogP contribution is -2.43. The SMILES string of the molecule is CC1CC(CN(C)CC(=O)NCCc2cccc(Cl)c2)NN1. The van der Waals surface area contributed by atoms with E-state index in [1.165, 1.54) is 0 Å². The van der Waals surface area contributed by atoms with Crippen molar-refractivity contribution < 1.29 is 4.79 Å². The Hall–Kier alpha value is -1.14. The number of likely N-dealkylation sites (N-methyl/N-ethyl adjacent to an activating group) is 1. The number of hydrazine groups is 1. The Morgan fingerprint density at radius 2 is 2.27 bits per heavy atom. The number of amides is 1. The molecule has 2 atom stereocenters. The molecule has 1 aromatic carbocycles. The fourth-order valence-electron chi connectivity index (χ4n) is 2.71. The number of nitrogens with zero attached hydrogens (tertiary/aromatic N) is 1. The highest BCUT2D eigenvalue weighted by Crippen LogP contribution is 2.10. The van der Waals surface area contributed by atoms with E-state index < -0.39 is 0 Å². The summed E-state index contributed by atoms with van der Waals surface area (Å²) in [6.07, 6.45) is 1.88. The molecule has 1 amide bonds. The molecule has 2 rings (SSSR count). The topological polar surface area (TPSA) is 56.4 Å². The zero-order valence-electron chi connectivity index (χ0n) is 13.2. The molecule has 6 heteroatoms. The summed E-state index contributed by atoms with van der Waals surface area (Å²) in [7, 11) is 1.97. The van der Waals surface area contributed by atoms with Gasteiger partial charge in [0.25, 0.3) is 0 Å². The van der Waals surface area contributed by atoms with Crippen molar-refractivity contribution in [3.05, 3.63) is 34.9 Å². The van der Waals surface area contributed by atoms with Crippen LogP contribution in [0.3, 0.4) is 0 Å². The van der Waals surface area contributed by atoms with E-state index in [1.807, 2.05) is 36.2 Å². The average molecular weight is 325 g/mol. The predicted molar refractivity (Wildman–Crippen MR) is 89.8 cm³/mol. The van der Waals surface area contributed by atoms with E-state index in [-0.39, 0.29) is 5.91 Å². The molecule has 1 fully saturated rings. The van der Waals surface area contributed by atoms with Crippen LogP contribution in [-0.4, -0.2) is 49.6 Å². The fraction of sp³-hybridized carbons (Fsp3) is 0.562. The van der Waals surface area contributed by atoms with Crippen LogP contribution in [0.2, 0.25) is 5.02 Å². The number of hydrogen-bond acceptors (Lipinski definition) is 4. The van der Waals surface area contributed by atoms with Crippen LogP contribution in [0.15, 0.2) is 24.3 Å². The van der Waals surface area contributed by atoms with Crippen LogP contribution in [0, 0.1) is 0 Å². The molecule has 1 aliphatic heterocycles. The van der Waals surface area contributed by atoms with Crippen molar-refractivity contribution in [2.75, 3.05) is 26.7 Å². The van der Waals surface area contributed by atoms with Gasteiger partial charge in [-0.1, -0.05) is 23.7 Å². The molecule has 1 heterocycles. The lowest BCUT2D eigenvalue weighted by molar-refractivity contribution is -0.121. The minimum Gasteiger partial charge on any atom is -0.355 e. The van der Waals surface area contributed by atoms with Crippen molar-refractivity contribution in [1.82, 2.24) is 21.1 Å². The first kappa shape index (κ1) is 17.2. The van der Waals surface area contributed by atoms with Crippen LogP contribution in [0.5, 0.6) is 0 Å². The maximum absolute atomic E-state index is 11.9. The molecule has 122 valence electrons. The summed E-state index contributed by atoms with van der Waals surface area (Å²) in [5.74, 6) is 0.0588. The highest BCUT2D eigenvalue weighted by atomic mass is 35.5. The summed E-state index contributed by atoms with van der Waals surface area (Å²) < 4.78 is 0. The number of hydrogen-bond donors (Lipinski definition) is 3. The smallest absolute Gasteiger partial charge is 0.234 e. The van der Waals surface area contributed by atoms with E-state index in [4.69, 9.17) is 11.6 Å². The fourth-order valence-corrected chi connectivity index (χ4v) is 2.92. The summed E-state index contributed by atoms with van der Waals surface area (Å²) >= 11 is 5.94. The van der Waals surface area contributed by atoms with E-state index in [2.05, 4.69) is 23.1 Å². The van der Waals surface area contributed by atoms with Crippen LogP contribution in [0.4, 0.5) is 0 Å². The molecule has 1 aliphatic rings. The number of carbonyl (C=O) groups is 1. The van der Waals surface area contributed by atoms with Gasteiger partial charge >= 0.3 is 0 Å². The first-order valence-electron chi connectivity index (χ1n) is 7.73. The van der Waals surface area contributed by atoms with Gasteiger partial charge in [-0.2, -0.15) is 0 Å². The minimum absolute atomic E-state index is 0.0588. The van der Waals surface area contributed by atoms with Crippen molar-refractivity contribution >= 4 is 17.5 Å². The van der Waals surface area contributed by atoms with Crippen LogP contribution < -0.4 is 16.2 Å². The Kier molecular flexibility index (Phi) is 6.64. The second-order valence-corrected chi connectivity index (χ2v) is 6.49. The Morgan fingerprint density at radius 1 is 1.45 bits per heavy atom. The molecular weight excluding hydrogens is 300 g/mol. The third-order valence-corrected chi connectivity index (χ3v) is 3.98. The summed E-state index contributed by atoms with van der Waals surface area (Å²) in [6, 6.07) is 8.62. The number of carbonyl (C=O) groups excluding carboxylic acids is 1. The Labute approximate surface area is 137 Å². The van der Waals surface area contributed by atoms with Gasteiger partial charge in [-0.15, -0.1) is 0 Å².